The molecule has 0 fully saturated rings. The van der Waals surface area contributed by atoms with Gasteiger partial charge in [0.2, 0.25) is 0 Å². The number of hydrogen-bond donors (Lipinski definition) is 0. The van der Waals surface area contributed by atoms with Crippen molar-refractivity contribution in [1.82, 2.24) is 14.5 Å². The van der Waals surface area contributed by atoms with Crippen LogP contribution in [0.3, 0.4) is 0 Å². The van der Waals surface area contributed by atoms with Crippen LogP contribution in [0.1, 0.15) is 17.0 Å². The van der Waals surface area contributed by atoms with E-state index in [9.17, 15) is 0 Å². The molecule has 0 unspecified atom stereocenters. The van der Waals surface area contributed by atoms with Crippen LogP contribution in [0.15, 0.2) is 30.5 Å². The summed E-state index contributed by atoms with van der Waals surface area (Å²) in [6, 6.07) is 7.90. The van der Waals surface area contributed by atoms with E-state index < -0.39 is 0 Å². The van der Waals surface area contributed by atoms with Gasteiger partial charge in [-0.3, -0.25) is 4.57 Å². The van der Waals surface area contributed by atoms with E-state index in [1.807, 2.05) is 42.7 Å². The summed E-state index contributed by atoms with van der Waals surface area (Å²) in [6.45, 7) is 4.07. The predicted molar refractivity (Wildman–Crippen MR) is 87.8 cm³/mol. The van der Waals surface area contributed by atoms with Crippen LogP contribution in [-0.2, 0) is 6.42 Å². The molecule has 1 aromatic carbocycles. The van der Waals surface area contributed by atoms with Crippen molar-refractivity contribution < 1.29 is 0 Å². The molecule has 0 saturated heterocycles. The molecular weight excluding hydrogens is 305 g/mol. The fourth-order valence-electron chi connectivity index (χ4n) is 2.44. The molecule has 2 heterocycles. The van der Waals surface area contributed by atoms with Gasteiger partial charge in [0.1, 0.15) is 11.3 Å². The van der Waals surface area contributed by atoms with E-state index in [1.165, 1.54) is 0 Å². The number of imidazole rings is 1. The van der Waals surface area contributed by atoms with Gasteiger partial charge in [0, 0.05) is 18.5 Å². The molecule has 21 heavy (non-hydrogen) atoms. The molecule has 3 nitrogen and oxygen atoms in total. The highest BCUT2D eigenvalue weighted by molar-refractivity contribution is 6.32. The summed E-state index contributed by atoms with van der Waals surface area (Å²) < 4.78 is 2.01. The monoisotopic (exact) mass is 319 g/mol. The highest BCUT2D eigenvalue weighted by Gasteiger charge is 2.16. The first kappa shape index (κ1) is 14.4. The summed E-state index contributed by atoms with van der Waals surface area (Å²) in [5.41, 5.74) is 4.86. The van der Waals surface area contributed by atoms with Crippen molar-refractivity contribution in [1.29, 1.82) is 0 Å². The van der Waals surface area contributed by atoms with Crippen LogP contribution < -0.4 is 0 Å². The SMILES string of the molecule is Cc1ccc(Cl)c(-n2c(CCCl)nc3c(C)ccnc32)c1. The van der Waals surface area contributed by atoms with E-state index in [1.54, 1.807) is 6.20 Å². The van der Waals surface area contributed by atoms with Gasteiger partial charge >= 0.3 is 0 Å². The van der Waals surface area contributed by atoms with E-state index in [0.29, 0.717) is 17.3 Å². The maximum atomic E-state index is 6.39. The lowest BCUT2D eigenvalue weighted by Crippen LogP contribution is -2.04. The molecule has 0 aliphatic heterocycles. The lowest BCUT2D eigenvalue weighted by Gasteiger charge is -2.11. The molecule has 0 saturated carbocycles. The maximum absolute atomic E-state index is 6.39. The fourth-order valence-corrected chi connectivity index (χ4v) is 2.81. The van der Waals surface area contributed by atoms with Gasteiger partial charge in [0.25, 0.3) is 0 Å². The number of nitrogens with zero attached hydrogens (tertiary/aromatic N) is 3. The van der Waals surface area contributed by atoms with Gasteiger partial charge in [-0.1, -0.05) is 17.7 Å². The second-order valence-corrected chi connectivity index (χ2v) is 5.84. The molecule has 108 valence electrons. The molecule has 3 rings (SSSR count). The number of pyridine rings is 1. The number of fused-ring (bicyclic) bond motifs is 1. The van der Waals surface area contributed by atoms with Crippen molar-refractivity contribution in [3.8, 4) is 5.69 Å². The topological polar surface area (TPSA) is 30.7 Å². The molecular formula is C16H15Cl2N3. The Labute approximate surface area is 133 Å². The van der Waals surface area contributed by atoms with Crippen molar-refractivity contribution >= 4 is 34.4 Å². The predicted octanol–water partition coefficient (Wildman–Crippen LogP) is 4.47. The molecule has 0 aliphatic rings. The molecule has 0 aliphatic carbocycles. The van der Waals surface area contributed by atoms with Crippen molar-refractivity contribution in [3.05, 3.63) is 52.4 Å². The van der Waals surface area contributed by atoms with Crippen LogP contribution in [-0.4, -0.2) is 20.4 Å². The third-order valence-electron chi connectivity index (χ3n) is 3.48. The summed E-state index contributed by atoms with van der Waals surface area (Å²) >= 11 is 12.3. The number of hydrogen-bond acceptors (Lipinski definition) is 2. The molecule has 3 aromatic rings. The zero-order valence-electron chi connectivity index (χ0n) is 11.9. The Morgan fingerprint density at radius 3 is 2.76 bits per heavy atom. The highest BCUT2D eigenvalue weighted by atomic mass is 35.5. The maximum Gasteiger partial charge on any atom is 0.164 e. The summed E-state index contributed by atoms with van der Waals surface area (Å²) in [5.74, 6) is 1.39. The zero-order chi connectivity index (χ0) is 15.0. The molecule has 5 heteroatoms. The molecule has 2 aromatic heterocycles. The molecule has 0 N–H and O–H groups in total. The van der Waals surface area contributed by atoms with E-state index in [4.69, 9.17) is 28.2 Å². The summed E-state index contributed by atoms with van der Waals surface area (Å²) in [7, 11) is 0. The van der Waals surface area contributed by atoms with E-state index >= 15 is 0 Å². The minimum absolute atomic E-state index is 0.506. The normalized spacial score (nSPS) is 11.2. The fraction of sp³-hybridized carbons (Fsp3) is 0.250. The smallest absolute Gasteiger partial charge is 0.164 e. The Kier molecular flexibility index (Phi) is 3.87. The minimum Gasteiger partial charge on any atom is -0.279 e. The summed E-state index contributed by atoms with van der Waals surface area (Å²) in [6.07, 6.45) is 2.46. The second-order valence-electron chi connectivity index (χ2n) is 5.06. The zero-order valence-corrected chi connectivity index (χ0v) is 13.4. The lowest BCUT2D eigenvalue weighted by atomic mass is 10.2. The Morgan fingerprint density at radius 2 is 2.00 bits per heavy atom. The van der Waals surface area contributed by atoms with E-state index in [-0.39, 0.29) is 0 Å². The third-order valence-corrected chi connectivity index (χ3v) is 3.99. The Hall–Kier alpha value is -1.58. The minimum atomic E-state index is 0.506. The quantitative estimate of drug-likeness (QED) is 0.667. The summed E-state index contributed by atoms with van der Waals surface area (Å²) in [4.78, 5) is 9.20. The second kappa shape index (κ2) is 5.66. The summed E-state index contributed by atoms with van der Waals surface area (Å²) in [5, 5.41) is 0.680. The Morgan fingerprint density at radius 1 is 1.19 bits per heavy atom. The van der Waals surface area contributed by atoms with E-state index in [2.05, 4.69) is 4.98 Å². The molecule has 0 radical (unpaired) electrons. The van der Waals surface area contributed by atoms with Gasteiger partial charge in [-0.25, -0.2) is 9.97 Å². The van der Waals surface area contributed by atoms with Crippen molar-refractivity contribution in [2.24, 2.45) is 0 Å². The van der Waals surface area contributed by atoms with Crippen LogP contribution in [0.25, 0.3) is 16.9 Å². The Bertz CT molecular complexity index is 809. The first-order valence-electron chi connectivity index (χ1n) is 6.77. The average molecular weight is 320 g/mol. The van der Waals surface area contributed by atoms with E-state index in [0.717, 1.165) is 33.8 Å². The largest absolute Gasteiger partial charge is 0.279 e. The van der Waals surface area contributed by atoms with Crippen LogP contribution in [0, 0.1) is 13.8 Å². The molecule has 0 amide bonds. The molecule has 0 bridgehead atoms. The van der Waals surface area contributed by atoms with Crippen molar-refractivity contribution in [3.63, 3.8) is 0 Å². The van der Waals surface area contributed by atoms with Crippen molar-refractivity contribution in [2.45, 2.75) is 20.3 Å². The van der Waals surface area contributed by atoms with Crippen LogP contribution in [0.5, 0.6) is 0 Å². The standard InChI is InChI=1S/C16H15Cl2N3/c1-10-3-4-12(18)13(9-10)21-14(5-7-17)20-15-11(2)6-8-19-16(15)21/h3-4,6,8-9H,5,7H2,1-2H3. The van der Waals surface area contributed by atoms with Gasteiger partial charge in [0.15, 0.2) is 5.65 Å². The van der Waals surface area contributed by atoms with Crippen LogP contribution in [0.2, 0.25) is 5.02 Å². The number of rotatable bonds is 3. The average Bonchev–Trinajstić information content (AvgIpc) is 2.82. The molecule has 0 spiro atoms. The number of alkyl halides is 1. The first-order valence-corrected chi connectivity index (χ1v) is 7.68. The van der Waals surface area contributed by atoms with Crippen LogP contribution >= 0.6 is 23.2 Å². The first-order chi connectivity index (χ1) is 10.1. The number of halogens is 2. The van der Waals surface area contributed by atoms with Gasteiger partial charge in [-0.2, -0.15) is 0 Å². The third kappa shape index (κ3) is 2.52. The lowest BCUT2D eigenvalue weighted by molar-refractivity contribution is 0.904. The number of aromatic nitrogens is 3. The van der Waals surface area contributed by atoms with Gasteiger partial charge in [-0.05, 0) is 43.2 Å². The van der Waals surface area contributed by atoms with Gasteiger partial charge in [0.05, 0.1) is 10.7 Å². The van der Waals surface area contributed by atoms with Gasteiger partial charge < -0.3 is 0 Å². The number of benzene rings is 1. The van der Waals surface area contributed by atoms with Crippen molar-refractivity contribution in [2.75, 3.05) is 5.88 Å². The van der Waals surface area contributed by atoms with Gasteiger partial charge in [-0.15, -0.1) is 11.6 Å². The highest BCUT2D eigenvalue weighted by Crippen LogP contribution is 2.28. The number of aryl methyl sites for hydroxylation is 3. The Balaban J connectivity index is 2.36. The van der Waals surface area contributed by atoms with Crippen LogP contribution in [0.4, 0.5) is 0 Å². The molecule has 0 atom stereocenters.